The van der Waals surface area contributed by atoms with Gasteiger partial charge in [-0.15, -0.1) is 0 Å². The van der Waals surface area contributed by atoms with Gasteiger partial charge in [-0.25, -0.2) is 0 Å². The molecular weight excluding hydrogens is 180 g/mol. The van der Waals surface area contributed by atoms with Crippen molar-refractivity contribution < 1.29 is 0 Å². The van der Waals surface area contributed by atoms with Crippen molar-refractivity contribution in [3.05, 3.63) is 0 Å². The Hall–Kier alpha value is -0.150. The SMILES string of the molecule is CC1CCN(CCCC(N)=S)CC1. The first-order valence-electron chi connectivity index (χ1n) is 5.19. The number of hydrogen-bond donors (Lipinski definition) is 1. The molecule has 1 aliphatic heterocycles. The van der Waals surface area contributed by atoms with Crippen LogP contribution in [0.15, 0.2) is 0 Å². The number of nitrogens with two attached hydrogens (primary N) is 1. The van der Waals surface area contributed by atoms with Gasteiger partial charge in [-0.2, -0.15) is 0 Å². The summed E-state index contributed by atoms with van der Waals surface area (Å²) >= 11 is 4.84. The fraction of sp³-hybridized carbons (Fsp3) is 0.900. The molecule has 0 saturated carbocycles. The van der Waals surface area contributed by atoms with Crippen molar-refractivity contribution in [2.45, 2.75) is 32.6 Å². The van der Waals surface area contributed by atoms with E-state index in [-0.39, 0.29) is 0 Å². The van der Waals surface area contributed by atoms with E-state index in [0.29, 0.717) is 4.99 Å². The minimum absolute atomic E-state index is 0.658. The number of thiocarbonyl (C=S) groups is 1. The second kappa shape index (κ2) is 5.55. The van der Waals surface area contributed by atoms with Crippen LogP contribution >= 0.6 is 12.2 Å². The first kappa shape index (κ1) is 10.9. The first-order chi connectivity index (χ1) is 6.18. The van der Waals surface area contributed by atoms with Gasteiger partial charge in [0.15, 0.2) is 0 Å². The van der Waals surface area contributed by atoms with E-state index in [1.54, 1.807) is 0 Å². The zero-order valence-electron chi connectivity index (χ0n) is 8.46. The Morgan fingerprint density at radius 3 is 2.62 bits per heavy atom. The maximum absolute atomic E-state index is 5.44. The Bertz CT molecular complexity index is 162. The number of piperidine rings is 1. The first-order valence-corrected chi connectivity index (χ1v) is 5.60. The van der Waals surface area contributed by atoms with Crippen LogP contribution in [-0.4, -0.2) is 29.5 Å². The van der Waals surface area contributed by atoms with E-state index in [9.17, 15) is 0 Å². The average Bonchev–Trinajstić information content (AvgIpc) is 2.08. The van der Waals surface area contributed by atoms with Crippen LogP contribution in [0.1, 0.15) is 32.6 Å². The topological polar surface area (TPSA) is 29.3 Å². The van der Waals surface area contributed by atoms with Crippen molar-refractivity contribution in [1.29, 1.82) is 0 Å². The molecule has 0 aliphatic carbocycles. The highest BCUT2D eigenvalue weighted by atomic mass is 32.1. The molecule has 0 aromatic carbocycles. The minimum atomic E-state index is 0.658. The molecule has 0 atom stereocenters. The predicted molar refractivity (Wildman–Crippen MR) is 60.9 cm³/mol. The molecule has 13 heavy (non-hydrogen) atoms. The molecule has 1 fully saturated rings. The maximum atomic E-state index is 5.44. The normalized spacial score (nSPS) is 20.4. The molecule has 0 radical (unpaired) electrons. The number of rotatable bonds is 4. The highest BCUT2D eigenvalue weighted by molar-refractivity contribution is 7.80. The zero-order chi connectivity index (χ0) is 9.68. The average molecular weight is 200 g/mol. The second-order valence-electron chi connectivity index (χ2n) is 4.09. The third kappa shape index (κ3) is 4.58. The van der Waals surface area contributed by atoms with Crippen molar-refractivity contribution in [1.82, 2.24) is 4.90 Å². The second-order valence-corrected chi connectivity index (χ2v) is 4.62. The van der Waals surface area contributed by atoms with Gasteiger partial charge in [0.2, 0.25) is 0 Å². The lowest BCUT2D eigenvalue weighted by Gasteiger charge is -2.29. The molecular formula is C10H20N2S. The summed E-state index contributed by atoms with van der Waals surface area (Å²) in [6.07, 6.45) is 4.74. The van der Waals surface area contributed by atoms with Gasteiger partial charge in [0.05, 0.1) is 4.99 Å². The number of hydrogen-bond acceptors (Lipinski definition) is 2. The van der Waals surface area contributed by atoms with E-state index < -0.39 is 0 Å². The van der Waals surface area contributed by atoms with Crippen LogP contribution in [0, 0.1) is 5.92 Å². The summed E-state index contributed by atoms with van der Waals surface area (Å²) in [4.78, 5) is 3.18. The summed E-state index contributed by atoms with van der Waals surface area (Å²) in [7, 11) is 0. The van der Waals surface area contributed by atoms with Crippen LogP contribution < -0.4 is 5.73 Å². The highest BCUT2D eigenvalue weighted by Crippen LogP contribution is 2.15. The Morgan fingerprint density at radius 1 is 1.46 bits per heavy atom. The summed E-state index contributed by atoms with van der Waals surface area (Å²) in [6, 6.07) is 0. The van der Waals surface area contributed by atoms with Crippen molar-refractivity contribution >= 4 is 17.2 Å². The van der Waals surface area contributed by atoms with E-state index in [0.717, 1.165) is 18.8 Å². The Kier molecular flexibility index (Phi) is 4.67. The minimum Gasteiger partial charge on any atom is -0.393 e. The fourth-order valence-corrected chi connectivity index (χ4v) is 1.91. The van der Waals surface area contributed by atoms with Crippen LogP contribution in [0.4, 0.5) is 0 Å². The molecule has 0 unspecified atom stereocenters. The summed E-state index contributed by atoms with van der Waals surface area (Å²) in [6.45, 7) is 6.04. The Morgan fingerprint density at radius 2 is 2.08 bits per heavy atom. The van der Waals surface area contributed by atoms with Crippen LogP contribution in [0.3, 0.4) is 0 Å². The summed E-state index contributed by atoms with van der Waals surface area (Å²) in [5.74, 6) is 0.923. The molecule has 0 aromatic heterocycles. The Labute approximate surface area is 86.5 Å². The lowest BCUT2D eigenvalue weighted by Crippen LogP contribution is -2.33. The van der Waals surface area contributed by atoms with Gasteiger partial charge in [0.1, 0.15) is 0 Å². The van der Waals surface area contributed by atoms with E-state index in [4.69, 9.17) is 18.0 Å². The molecule has 2 nitrogen and oxygen atoms in total. The summed E-state index contributed by atoms with van der Waals surface area (Å²) in [5.41, 5.74) is 5.44. The van der Waals surface area contributed by atoms with E-state index in [2.05, 4.69) is 11.8 Å². The molecule has 3 heteroatoms. The number of likely N-dealkylation sites (tertiary alicyclic amines) is 1. The van der Waals surface area contributed by atoms with Gasteiger partial charge >= 0.3 is 0 Å². The molecule has 0 bridgehead atoms. The molecule has 1 saturated heterocycles. The summed E-state index contributed by atoms with van der Waals surface area (Å²) in [5, 5.41) is 0. The van der Waals surface area contributed by atoms with Gasteiger partial charge < -0.3 is 10.6 Å². The van der Waals surface area contributed by atoms with Gasteiger partial charge in [-0.3, -0.25) is 0 Å². The molecule has 1 heterocycles. The fourth-order valence-electron chi connectivity index (χ4n) is 1.76. The van der Waals surface area contributed by atoms with Crippen LogP contribution in [0.5, 0.6) is 0 Å². The van der Waals surface area contributed by atoms with Crippen molar-refractivity contribution in [2.75, 3.05) is 19.6 Å². The lowest BCUT2D eigenvalue weighted by molar-refractivity contribution is 0.191. The molecule has 0 spiro atoms. The van der Waals surface area contributed by atoms with Crippen LogP contribution in [-0.2, 0) is 0 Å². The molecule has 2 N–H and O–H groups in total. The standard InChI is InChI=1S/C10H20N2S/c1-9-4-7-12(8-5-9)6-2-3-10(11)13/h9H,2-8H2,1H3,(H2,11,13). The maximum Gasteiger partial charge on any atom is 0.0727 e. The van der Waals surface area contributed by atoms with Crippen molar-refractivity contribution in [2.24, 2.45) is 11.7 Å². The van der Waals surface area contributed by atoms with Crippen LogP contribution in [0.25, 0.3) is 0 Å². The van der Waals surface area contributed by atoms with E-state index >= 15 is 0 Å². The van der Waals surface area contributed by atoms with Crippen molar-refractivity contribution in [3.63, 3.8) is 0 Å². The lowest BCUT2D eigenvalue weighted by atomic mass is 9.99. The highest BCUT2D eigenvalue weighted by Gasteiger charge is 2.14. The van der Waals surface area contributed by atoms with E-state index in [1.807, 2.05) is 0 Å². The molecule has 0 aromatic rings. The van der Waals surface area contributed by atoms with E-state index in [1.165, 1.54) is 32.5 Å². The zero-order valence-corrected chi connectivity index (χ0v) is 9.28. The third-order valence-corrected chi connectivity index (χ3v) is 2.98. The van der Waals surface area contributed by atoms with Gasteiger partial charge in [-0.05, 0) is 51.2 Å². The quantitative estimate of drug-likeness (QED) is 0.702. The Balaban J connectivity index is 2.05. The van der Waals surface area contributed by atoms with Crippen LogP contribution in [0.2, 0.25) is 0 Å². The molecule has 0 amide bonds. The summed E-state index contributed by atoms with van der Waals surface area (Å²) < 4.78 is 0. The van der Waals surface area contributed by atoms with Gasteiger partial charge in [0.25, 0.3) is 0 Å². The van der Waals surface area contributed by atoms with Gasteiger partial charge in [0, 0.05) is 0 Å². The van der Waals surface area contributed by atoms with Gasteiger partial charge in [-0.1, -0.05) is 19.1 Å². The molecule has 1 rings (SSSR count). The predicted octanol–water partition coefficient (Wildman–Crippen LogP) is 1.78. The third-order valence-electron chi connectivity index (χ3n) is 2.77. The van der Waals surface area contributed by atoms with Crippen molar-refractivity contribution in [3.8, 4) is 0 Å². The number of nitrogens with zero attached hydrogens (tertiary/aromatic N) is 1. The molecule has 76 valence electrons. The largest absolute Gasteiger partial charge is 0.393 e. The molecule has 1 aliphatic rings. The monoisotopic (exact) mass is 200 g/mol. The smallest absolute Gasteiger partial charge is 0.0727 e.